The molecule has 2 heterocycles. The fourth-order valence-corrected chi connectivity index (χ4v) is 6.56. The van der Waals surface area contributed by atoms with Gasteiger partial charge in [0.05, 0.1) is 25.9 Å². The number of amides is 1. The molecule has 0 aliphatic carbocycles. The Kier molecular flexibility index (Phi) is 8.44. The Morgan fingerprint density at radius 3 is 2.27 bits per heavy atom. The van der Waals surface area contributed by atoms with E-state index in [0.717, 1.165) is 10.5 Å². The zero-order valence-corrected chi connectivity index (χ0v) is 25.7. The lowest BCUT2D eigenvalue weighted by Crippen LogP contribution is -2.74. The first-order valence-electron chi connectivity index (χ1n) is 13.7. The number of aliphatic hydroxyl groups excluding tert-OH is 1. The van der Waals surface area contributed by atoms with Gasteiger partial charge in [0.15, 0.2) is 14.1 Å². The summed E-state index contributed by atoms with van der Waals surface area (Å²) >= 11 is 0. The minimum absolute atomic E-state index is 0.0268. The number of para-hydroxylation sites is 1. The summed E-state index contributed by atoms with van der Waals surface area (Å²) in [6.45, 7) is 13.5. The molecule has 0 spiro atoms. The second kappa shape index (κ2) is 11.1. The van der Waals surface area contributed by atoms with E-state index in [1.165, 1.54) is 7.11 Å². The van der Waals surface area contributed by atoms with Crippen LogP contribution in [0.5, 0.6) is 5.75 Å². The van der Waals surface area contributed by atoms with Crippen LogP contribution in [0.2, 0.25) is 18.1 Å². The minimum Gasteiger partial charge on any atom is -0.496 e. The normalized spacial score (nSPS) is 28.2. The van der Waals surface area contributed by atoms with Gasteiger partial charge in [0.2, 0.25) is 5.72 Å². The third-order valence-electron chi connectivity index (χ3n) is 8.26. The van der Waals surface area contributed by atoms with Crippen molar-refractivity contribution in [2.45, 2.75) is 95.2 Å². The Labute approximate surface area is 238 Å². The number of nitrogens with zero attached hydrogens (tertiary/aromatic N) is 1. The first kappa shape index (κ1) is 30.5. The van der Waals surface area contributed by atoms with E-state index in [9.17, 15) is 15.0 Å². The zero-order valence-electron chi connectivity index (χ0n) is 24.7. The maximum absolute atomic E-state index is 14.0. The predicted octanol–water partition coefficient (Wildman–Crippen LogP) is 4.76. The number of hydrogen-bond acceptors (Lipinski definition) is 8. The van der Waals surface area contributed by atoms with Gasteiger partial charge < -0.3 is 33.6 Å². The number of ether oxygens (including phenoxy) is 4. The number of rotatable bonds is 7. The molecular formula is C30H43NO8Si. The third-order valence-corrected chi connectivity index (χ3v) is 12.7. The van der Waals surface area contributed by atoms with Crippen LogP contribution in [0.3, 0.4) is 0 Å². The van der Waals surface area contributed by atoms with E-state index in [4.69, 9.17) is 23.4 Å². The fraction of sp³-hybridized carbons (Fsp3) is 0.567. The molecule has 5 atom stereocenters. The molecule has 0 bridgehead atoms. The lowest BCUT2D eigenvalue weighted by Gasteiger charge is -2.55. The van der Waals surface area contributed by atoms with Crippen molar-refractivity contribution in [2.75, 3.05) is 13.7 Å². The largest absolute Gasteiger partial charge is 0.496 e. The summed E-state index contributed by atoms with van der Waals surface area (Å²) in [5, 5.41) is 23.4. The van der Waals surface area contributed by atoms with E-state index < -0.39 is 56.9 Å². The van der Waals surface area contributed by atoms with Crippen molar-refractivity contribution in [3.05, 3.63) is 65.7 Å². The lowest BCUT2D eigenvalue weighted by molar-refractivity contribution is -0.249. The predicted molar refractivity (Wildman–Crippen MR) is 152 cm³/mol. The topological polar surface area (TPSA) is 107 Å². The van der Waals surface area contributed by atoms with E-state index in [0.29, 0.717) is 5.75 Å². The molecule has 4 rings (SSSR count). The average molecular weight is 574 g/mol. The molecule has 2 aliphatic heterocycles. The summed E-state index contributed by atoms with van der Waals surface area (Å²) in [6.07, 6.45) is -3.53. The first-order valence-corrected chi connectivity index (χ1v) is 16.6. The highest BCUT2D eigenvalue weighted by molar-refractivity contribution is 6.74. The maximum Gasteiger partial charge on any atom is 0.413 e. The first-order chi connectivity index (χ1) is 18.7. The van der Waals surface area contributed by atoms with Crippen molar-refractivity contribution in [1.29, 1.82) is 0 Å². The molecule has 220 valence electrons. The Balaban J connectivity index is 1.87. The number of likely N-dealkylation sites (tertiary alicyclic amines) is 1. The lowest BCUT2D eigenvalue weighted by atomic mass is 9.81. The van der Waals surface area contributed by atoms with Crippen LogP contribution < -0.4 is 4.74 Å². The highest BCUT2D eigenvalue weighted by atomic mass is 28.4. The van der Waals surface area contributed by atoms with Crippen molar-refractivity contribution in [2.24, 2.45) is 0 Å². The smallest absolute Gasteiger partial charge is 0.413 e. The van der Waals surface area contributed by atoms with Crippen molar-refractivity contribution in [3.8, 4) is 5.75 Å². The molecule has 2 saturated heterocycles. The monoisotopic (exact) mass is 573 g/mol. The van der Waals surface area contributed by atoms with E-state index in [2.05, 4.69) is 33.9 Å². The van der Waals surface area contributed by atoms with E-state index >= 15 is 0 Å². The highest BCUT2D eigenvalue weighted by Gasteiger charge is 2.68. The van der Waals surface area contributed by atoms with Gasteiger partial charge in [0.1, 0.15) is 24.6 Å². The number of carbonyl (C=O) groups excluding carboxylic acids is 1. The van der Waals surface area contributed by atoms with Gasteiger partial charge in [0, 0.05) is 5.56 Å². The molecule has 2 aromatic carbocycles. The summed E-state index contributed by atoms with van der Waals surface area (Å²) in [6, 6.07) is 15.1. The van der Waals surface area contributed by atoms with Crippen LogP contribution in [0.1, 0.15) is 45.7 Å². The molecule has 9 nitrogen and oxygen atoms in total. The summed E-state index contributed by atoms with van der Waals surface area (Å²) in [5.41, 5.74) is -1.06. The van der Waals surface area contributed by atoms with E-state index in [1.807, 2.05) is 30.3 Å². The van der Waals surface area contributed by atoms with Crippen molar-refractivity contribution < 1.29 is 38.4 Å². The number of piperidine rings is 1. The highest BCUT2D eigenvalue weighted by Crippen LogP contribution is 2.51. The van der Waals surface area contributed by atoms with Gasteiger partial charge in [0.25, 0.3) is 0 Å². The number of carbonyl (C=O) groups is 1. The van der Waals surface area contributed by atoms with E-state index in [-0.39, 0.29) is 17.2 Å². The molecule has 0 saturated carbocycles. The zero-order chi connectivity index (χ0) is 29.5. The Hall–Kier alpha value is -2.47. The number of aliphatic hydroxyl groups is 2. The standard InChI is InChI=1S/C30H43NO8Si/c1-28(2,3)40(7,8)39-24-22(18-32)31(27(33)36-19-20-14-10-9-11-15-20)30(34,21-16-12-13-17-23(21)35-6)26-25(24)37-29(4,5)38-26/h9-17,22,24-26,32,34H,18-19H2,1-8H3/t22-,24-,25+,26+,30?/m1/s1. The summed E-state index contributed by atoms with van der Waals surface area (Å²) in [5.74, 6) is -0.761. The molecule has 10 heteroatoms. The second-order valence-electron chi connectivity index (χ2n) is 12.5. The minimum atomic E-state index is -2.47. The summed E-state index contributed by atoms with van der Waals surface area (Å²) in [4.78, 5) is 15.2. The number of fused-ring (bicyclic) bond motifs is 1. The Morgan fingerprint density at radius 2 is 1.68 bits per heavy atom. The van der Waals surface area contributed by atoms with Crippen LogP contribution in [0.15, 0.2) is 54.6 Å². The molecule has 1 amide bonds. The van der Waals surface area contributed by atoms with Crippen LogP contribution in [0.4, 0.5) is 4.79 Å². The van der Waals surface area contributed by atoms with Crippen LogP contribution in [0.25, 0.3) is 0 Å². The summed E-state index contributed by atoms with van der Waals surface area (Å²) < 4.78 is 31.0. The van der Waals surface area contributed by atoms with Crippen LogP contribution in [-0.2, 0) is 31.0 Å². The molecule has 2 N–H and O–H groups in total. The van der Waals surface area contributed by atoms with Gasteiger partial charge in [-0.25, -0.2) is 4.79 Å². The van der Waals surface area contributed by atoms with Crippen LogP contribution in [0, 0.1) is 0 Å². The van der Waals surface area contributed by atoms with Gasteiger partial charge in [-0.1, -0.05) is 69.3 Å². The van der Waals surface area contributed by atoms with Crippen molar-refractivity contribution in [1.82, 2.24) is 4.90 Å². The molecule has 0 aromatic heterocycles. The Morgan fingerprint density at radius 1 is 1.05 bits per heavy atom. The average Bonchev–Trinajstić information content (AvgIpc) is 3.24. The fourth-order valence-electron chi connectivity index (χ4n) is 5.24. The van der Waals surface area contributed by atoms with Gasteiger partial charge in [-0.05, 0) is 43.6 Å². The molecule has 2 fully saturated rings. The third kappa shape index (κ3) is 5.53. The molecule has 1 unspecified atom stereocenters. The van der Waals surface area contributed by atoms with Gasteiger partial charge >= 0.3 is 6.09 Å². The number of benzene rings is 2. The van der Waals surface area contributed by atoms with Crippen LogP contribution >= 0.6 is 0 Å². The number of methoxy groups -OCH3 is 1. The molecule has 40 heavy (non-hydrogen) atoms. The van der Waals surface area contributed by atoms with E-state index in [1.54, 1.807) is 38.1 Å². The van der Waals surface area contributed by atoms with Gasteiger partial charge in [-0.15, -0.1) is 0 Å². The van der Waals surface area contributed by atoms with Crippen molar-refractivity contribution >= 4 is 14.4 Å². The number of hydrogen-bond donors (Lipinski definition) is 2. The quantitative estimate of drug-likeness (QED) is 0.457. The summed E-state index contributed by atoms with van der Waals surface area (Å²) in [7, 11) is -0.978. The maximum atomic E-state index is 14.0. The molecule has 2 aromatic rings. The van der Waals surface area contributed by atoms with Crippen molar-refractivity contribution in [3.63, 3.8) is 0 Å². The SMILES string of the molecule is COc1ccccc1C1(O)[C@H]2OC(C)(C)O[C@H]2[C@H](O[Si](C)(C)C(C)(C)C)[C@@H](CO)N1C(=O)OCc1ccccc1. The second-order valence-corrected chi connectivity index (χ2v) is 17.2. The Bertz CT molecular complexity index is 1180. The van der Waals surface area contributed by atoms with Gasteiger partial charge in [-0.2, -0.15) is 0 Å². The molecule has 0 radical (unpaired) electrons. The molecule has 2 aliphatic rings. The van der Waals surface area contributed by atoms with Crippen LogP contribution in [-0.4, -0.2) is 73.4 Å². The van der Waals surface area contributed by atoms with Gasteiger partial charge in [-0.3, -0.25) is 4.90 Å². The molecular weight excluding hydrogens is 530 g/mol.